The Morgan fingerprint density at radius 3 is 2.38 bits per heavy atom. The lowest BCUT2D eigenvalue weighted by Crippen LogP contribution is -2.21. The van der Waals surface area contributed by atoms with Gasteiger partial charge in [-0.25, -0.2) is 4.79 Å². The molecule has 0 atom stereocenters. The predicted molar refractivity (Wildman–Crippen MR) is 123 cm³/mol. The first-order valence-corrected chi connectivity index (χ1v) is 10.3. The first-order chi connectivity index (χ1) is 16.3. The highest BCUT2D eigenvalue weighted by Crippen LogP contribution is 2.28. The van der Waals surface area contributed by atoms with Crippen molar-refractivity contribution in [3.05, 3.63) is 65.0 Å². The zero-order chi connectivity index (χ0) is 24.7. The molecule has 2 N–H and O–H groups in total. The maximum Gasteiger partial charge on any atom is 0.338 e. The largest absolute Gasteiger partial charge is 0.495 e. The SMILES string of the molecule is COc1ccc(NC(C)=O)cc1NC(=O)COC(=O)c1ccc(OCc2c(C)noc2C)cc1. The molecule has 1 aromatic heterocycles. The van der Waals surface area contributed by atoms with Crippen LogP contribution in [-0.2, 0) is 20.9 Å². The number of hydrogen-bond acceptors (Lipinski definition) is 8. The van der Waals surface area contributed by atoms with E-state index in [4.69, 9.17) is 18.7 Å². The van der Waals surface area contributed by atoms with Gasteiger partial charge in [0.15, 0.2) is 6.61 Å². The Kier molecular flexibility index (Phi) is 7.86. The normalized spacial score (nSPS) is 10.4. The third-order valence-corrected chi connectivity index (χ3v) is 4.78. The number of esters is 1. The molecule has 1 heterocycles. The van der Waals surface area contributed by atoms with Crippen LogP contribution in [0.5, 0.6) is 11.5 Å². The molecule has 3 aromatic rings. The predicted octanol–water partition coefficient (Wildman–Crippen LogP) is 3.63. The third kappa shape index (κ3) is 6.35. The van der Waals surface area contributed by atoms with Gasteiger partial charge in [-0.15, -0.1) is 0 Å². The molecular weight excluding hydrogens is 442 g/mol. The summed E-state index contributed by atoms with van der Waals surface area (Å²) in [4.78, 5) is 35.9. The first-order valence-electron chi connectivity index (χ1n) is 10.3. The Bertz CT molecular complexity index is 1170. The van der Waals surface area contributed by atoms with Crippen molar-refractivity contribution in [2.75, 3.05) is 24.4 Å². The van der Waals surface area contributed by atoms with Gasteiger partial charge < -0.3 is 29.4 Å². The highest BCUT2D eigenvalue weighted by Gasteiger charge is 2.14. The Hall–Kier alpha value is -4.34. The molecule has 0 spiro atoms. The molecule has 2 amide bonds. The second-order valence-electron chi connectivity index (χ2n) is 7.34. The van der Waals surface area contributed by atoms with Crippen LogP contribution in [0.15, 0.2) is 47.0 Å². The average Bonchev–Trinajstić information content (AvgIpc) is 3.13. The molecule has 0 aliphatic rings. The van der Waals surface area contributed by atoms with E-state index in [0.29, 0.717) is 28.6 Å². The number of anilines is 2. The van der Waals surface area contributed by atoms with E-state index in [-0.39, 0.29) is 18.1 Å². The zero-order valence-electron chi connectivity index (χ0n) is 19.3. The number of nitrogens with zero attached hydrogens (tertiary/aromatic N) is 1. The van der Waals surface area contributed by atoms with E-state index in [9.17, 15) is 14.4 Å². The van der Waals surface area contributed by atoms with E-state index in [2.05, 4.69) is 15.8 Å². The lowest BCUT2D eigenvalue weighted by atomic mass is 10.2. The Morgan fingerprint density at radius 2 is 1.76 bits per heavy atom. The number of carbonyl (C=O) groups excluding carboxylic acids is 3. The van der Waals surface area contributed by atoms with Crippen molar-refractivity contribution in [3.8, 4) is 11.5 Å². The quantitative estimate of drug-likeness (QED) is 0.457. The van der Waals surface area contributed by atoms with Gasteiger partial charge in [-0.3, -0.25) is 9.59 Å². The Morgan fingerprint density at radius 1 is 1.03 bits per heavy atom. The number of carbonyl (C=O) groups is 3. The summed E-state index contributed by atoms with van der Waals surface area (Å²) in [6.45, 7) is 4.80. The van der Waals surface area contributed by atoms with Crippen molar-refractivity contribution >= 4 is 29.2 Å². The van der Waals surface area contributed by atoms with Crippen LogP contribution in [0.3, 0.4) is 0 Å². The molecule has 0 aliphatic carbocycles. The van der Waals surface area contributed by atoms with Gasteiger partial charge in [0, 0.05) is 12.6 Å². The summed E-state index contributed by atoms with van der Waals surface area (Å²) in [5, 5.41) is 9.10. The van der Waals surface area contributed by atoms with E-state index >= 15 is 0 Å². The van der Waals surface area contributed by atoms with Gasteiger partial charge in [0.25, 0.3) is 5.91 Å². The van der Waals surface area contributed by atoms with Crippen LogP contribution in [0.2, 0.25) is 0 Å². The zero-order valence-corrected chi connectivity index (χ0v) is 19.3. The topological polar surface area (TPSA) is 129 Å². The van der Waals surface area contributed by atoms with E-state index in [1.165, 1.54) is 14.0 Å². The summed E-state index contributed by atoms with van der Waals surface area (Å²) in [7, 11) is 1.45. The van der Waals surface area contributed by atoms with Crippen molar-refractivity contribution < 1.29 is 33.1 Å². The summed E-state index contributed by atoms with van der Waals surface area (Å²) in [6, 6.07) is 11.1. The molecule has 0 aliphatic heterocycles. The molecule has 0 fully saturated rings. The Labute approximate surface area is 196 Å². The van der Waals surface area contributed by atoms with Crippen molar-refractivity contribution in [1.82, 2.24) is 5.16 Å². The molecule has 0 unspecified atom stereocenters. The molecular formula is C24H25N3O7. The summed E-state index contributed by atoms with van der Waals surface area (Å²) in [6.07, 6.45) is 0. The van der Waals surface area contributed by atoms with Gasteiger partial charge in [-0.2, -0.15) is 0 Å². The van der Waals surface area contributed by atoms with Crippen LogP contribution in [0, 0.1) is 13.8 Å². The standard InChI is InChI=1S/C24H25N3O7/c1-14-20(15(2)34-27-14)12-32-19-8-5-17(6-9-19)24(30)33-13-23(29)26-21-11-18(25-16(3)28)7-10-22(21)31-4/h5-11H,12-13H2,1-4H3,(H,25,28)(H,26,29). The van der Waals surface area contributed by atoms with Gasteiger partial charge in [0.1, 0.15) is 23.9 Å². The maximum atomic E-state index is 12.3. The van der Waals surface area contributed by atoms with Gasteiger partial charge in [-0.05, 0) is 56.3 Å². The summed E-state index contributed by atoms with van der Waals surface area (Å²) >= 11 is 0. The van der Waals surface area contributed by atoms with Crippen LogP contribution >= 0.6 is 0 Å². The summed E-state index contributed by atoms with van der Waals surface area (Å²) < 4.78 is 21.1. The monoisotopic (exact) mass is 467 g/mol. The second-order valence-corrected chi connectivity index (χ2v) is 7.34. The molecule has 2 aromatic carbocycles. The van der Waals surface area contributed by atoms with Crippen molar-refractivity contribution in [1.29, 1.82) is 0 Å². The number of aryl methyl sites for hydroxylation is 2. The van der Waals surface area contributed by atoms with Crippen LogP contribution < -0.4 is 20.1 Å². The summed E-state index contributed by atoms with van der Waals surface area (Å²) in [5.41, 5.74) is 2.71. The molecule has 0 saturated carbocycles. The minimum absolute atomic E-state index is 0.253. The molecule has 0 bridgehead atoms. The fourth-order valence-corrected chi connectivity index (χ4v) is 3.04. The van der Waals surface area contributed by atoms with Crippen LogP contribution in [0.25, 0.3) is 0 Å². The van der Waals surface area contributed by atoms with Gasteiger partial charge in [-0.1, -0.05) is 5.16 Å². The number of nitrogens with one attached hydrogen (secondary N) is 2. The molecule has 10 heteroatoms. The first kappa shape index (κ1) is 24.3. The number of methoxy groups -OCH3 is 1. The van der Waals surface area contributed by atoms with Gasteiger partial charge >= 0.3 is 5.97 Å². The fourth-order valence-electron chi connectivity index (χ4n) is 3.04. The second kappa shape index (κ2) is 11.0. The average molecular weight is 467 g/mol. The molecule has 10 nitrogen and oxygen atoms in total. The minimum Gasteiger partial charge on any atom is -0.495 e. The van der Waals surface area contributed by atoms with Crippen molar-refractivity contribution in [2.45, 2.75) is 27.4 Å². The number of ether oxygens (including phenoxy) is 3. The molecule has 34 heavy (non-hydrogen) atoms. The summed E-state index contributed by atoms with van der Waals surface area (Å²) in [5.74, 6) is 0.158. The van der Waals surface area contributed by atoms with E-state index in [1.54, 1.807) is 42.5 Å². The Balaban J connectivity index is 1.53. The smallest absolute Gasteiger partial charge is 0.338 e. The van der Waals surface area contributed by atoms with Crippen LogP contribution in [0.1, 0.15) is 34.3 Å². The van der Waals surface area contributed by atoms with E-state index < -0.39 is 18.5 Å². The van der Waals surface area contributed by atoms with Crippen molar-refractivity contribution in [3.63, 3.8) is 0 Å². The number of rotatable bonds is 9. The highest BCUT2D eigenvalue weighted by atomic mass is 16.5. The van der Waals surface area contributed by atoms with Crippen molar-refractivity contribution in [2.24, 2.45) is 0 Å². The van der Waals surface area contributed by atoms with Crippen LogP contribution in [0.4, 0.5) is 11.4 Å². The van der Waals surface area contributed by atoms with Crippen LogP contribution in [-0.4, -0.2) is 36.7 Å². The molecule has 178 valence electrons. The maximum absolute atomic E-state index is 12.3. The van der Waals surface area contributed by atoms with Gasteiger partial charge in [0.2, 0.25) is 5.91 Å². The fraction of sp³-hybridized carbons (Fsp3) is 0.250. The van der Waals surface area contributed by atoms with E-state index in [0.717, 1.165) is 11.3 Å². The van der Waals surface area contributed by atoms with E-state index in [1.807, 2.05) is 13.8 Å². The third-order valence-electron chi connectivity index (χ3n) is 4.78. The lowest BCUT2D eigenvalue weighted by molar-refractivity contribution is -0.119. The minimum atomic E-state index is -0.661. The molecule has 0 saturated heterocycles. The lowest BCUT2D eigenvalue weighted by Gasteiger charge is -2.12. The molecule has 0 radical (unpaired) electrons. The highest BCUT2D eigenvalue weighted by molar-refractivity contribution is 5.97. The number of hydrogen-bond donors (Lipinski definition) is 2. The number of amides is 2. The van der Waals surface area contributed by atoms with Gasteiger partial charge in [0.05, 0.1) is 29.6 Å². The molecule has 3 rings (SSSR count). The number of benzene rings is 2. The number of aromatic nitrogens is 1.